The number of nitrogens with zero attached hydrogens (tertiary/aromatic N) is 6. The Morgan fingerprint density at radius 3 is 0.921 bits per heavy atom. The van der Waals surface area contributed by atoms with Crippen molar-refractivity contribution in [2.75, 3.05) is 0 Å². The molecule has 63 heavy (non-hydrogen) atoms. The van der Waals surface area contributed by atoms with Gasteiger partial charge in [0.15, 0.2) is 17.5 Å². The average Bonchev–Trinajstić information content (AvgIpc) is 3.94. The molecule has 4 aromatic heterocycles. The lowest BCUT2D eigenvalue weighted by Gasteiger charge is -2.06. The number of unbranched alkanes of at least 4 members (excludes halogenated alkanes) is 3. The van der Waals surface area contributed by atoms with Gasteiger partial charge in [-0.15, -0.1) is 0 Å². The van der Waals surface area contributed by atoms with Gasteiger partial charge in [-0.05, 0) is 109 Å². The Hall–Kier alpha value is -7.05. The maximum absolute atomic E-state index is 4.98. The van der Waals surface area contributed by atoms with E-state index in [2.05, 4.69) is 180 Å². The maximum Gasteiger partial charge on any atom is 0.156 e. The van der Waals surface area contributed by atoms with E-state index in [1.54, 1.807) is 0 Å². The van der Waals surface area contributed by atoms with Gasteiger partial charge in [0.2, 0.25) is 0 Å². The molecule has 10 rings (SSSR count). The molecular formula is C57H54N6. The Balaban J connectivity index is 1.02. The van der Waals surface area contributed by atoms with Crippen LogP contribution in [-0.2, 0) is 19.6 Å². The third kappa shape index (κ3) is 7.87. The van der Waals surface area contributed by atoms with Crippen LogP contribution >= 0.6 is 0 Å². The van der Waals surface area contributed by atoms with Crippen LogP contribution in [-0.4, -0.2) is 28.7 Å². The van der Waals surface area contributed by atoms with Gasteiger partial charge >= 0.3 is 0 Å². The van der Waals surface area contributed by atoms with Gasteiger partial charge in [-0.1, -0.05) is 131 Å². The summed E-state index contributed by atoms with van der Waals surface area (Å²) in [6, 6.07) is 46.5. The summed E-state index contributed by atoms with van der Waals surface area (Å²) < 4.78 is 7.40. The molecule has 0 N–H and O–H groups in total. The first-order chi connectivity index (χ1) is 31.1. The number of fused-ring (bicyclic) bond motifs is 9. The molecule has 0 aliphatic rings. The lowest BCUT2D eigenvalue weighted by Crippen LogP contribution is -1.99. The zero-order valence-corrected chi connectivity index (χ0v) is 36.6. The van der Waals surface area contributed by atoms with Gasteiger partial charge in [0.05, 0.1) is 0 Å². The molecular weight excluding hydrogens is 769 g/mol. The van der Waals surface area contributed by atoms with Crippen molar-refractivity contribution in [1.82, 2.24) is 28.7 Å². The molecule has 0 aliphatic carbocycles. The van der Waals surface area contributed by atoms with E-state index in [0.717, 1.165) is 74.8 Å². The number of hydrogen-bond donors (Lipinski definition) is 0. The van der Waals surface area contributed by atoms with Gasteiger partial charge in [-0.3, -0.25) is 0 Å². The Labute approximate surface area is 369 Å². The molecule has 0 amide bonds. The van der Waals surface area contributed by atoms with Crippen molar-refractivity contribution >= 4 is 102 Å². The summed E-state index contributed by atoms with van der Waals surface area (Å²) in [6.45, 7) is 9.80. The standard InChI is InChI=1S/C57H54N6/c1-4-7-34-61-49-19-13-10-16-43(49)46-37-40(22-28-52(46)61)25-31-55-58-56(32-26-41-23-29-53-47(38-41)44-17-11-14-20-50(44)62(53)35-8-5-2)60-57(59-55)33-27-42-24-30-54-48(39-42)45-18-12-15-21-51(45)63(54)36-9-6-3/h10-33,37-39H,4-9,34-36H2,1-3H3/b31-25+,32-26+,33-27+. The largest absolute Gasteiger partial charge is 0.340 e. The predicted octanol–water partition coefficient (Wildman–Crippen LogP) is 15.1. The smallest absolute Gasteiger partial charge is 0.156 e. The molecule has 4 heterocycles. The summed E-state index contributed by atoms with van der Waals surface area (Å²) >= 11 is 0. The first kappa shape index (κ1) is 40.0. The fraction of sp³-hybridized carbons (Fsp3) is 0.211. The summed E-state index contributed by atoms with van der Waals surface area (Å²) in [5, 5.41) is 7.65. The van der Waals surface area contributed by atoms with Gasteiger partial charge in [-0.25, -0.2) is 15.0 Å². The quantitative estimate of drug-likeness (QED) is 0.103. The molecule has 10 aromatic rings. The fourth-order valence-corrected chi connectivity index (χ4v) is 9.36. The monoisotopic (exact) mass is 822 g/mol. The number of rotatable bonds is 15. The zero-order chi connectivity index (χ0) is 42.7. The van der Waals surface area contributed by atoms with Crippen LogP contribution in [0, 0.1) is 0 Å². The number of aromatic nitrogens is 6. The van der Waals surface area contributed by atoms with Crippen LogP contribution in [0.5, 0.6) is 0 Å². The van der Waals surface area contributed by atoms with Crippen molar-refractivity contribution in [1.29, 1.82) is 0 Å². The molecule has 6 heteroatoms. The van der Waals surface area contributed by atoms with Crippen LogP contribution in [0.3, 0.4) is 0 Å². The van der Waals surface area contributed by atoms with Crippen LogP contribution in [0.4, 0.5) is 0 Å². The molecule has 0 bridgehead atoms. The van der Waals surface area contributed by atoms with E-state index in [9.17, 15) is 0 Å². The summed E-state index contributed by atoms with van der Waals surface area (Å²) in [7, 11) is 0. The molecule has 0 atom stereocenters. The minimum Gasteiger partial charge on any atom is -0.340 e. The van der Waals surface area contributed by atoms with E-state index >= 15 is 0 Å². The van der Waals surface area contributed by atoms with Gasteiger partial charge in [0.1, 0.15) is 0 Å². The van der Waals surface area contributed by atoms with Crippen LogP contribution in [0.2, 0.25) is 0 Å². The van der Waals surface area contributed by atoms with Gasteiger partial charge < -0.3 is 13.7 Å². The van der Waals surface area contributed by atoms with Crippen LogP contribution in [0.1, 0.15) is 93.5 Å². The minimum atomic E-state index is 0.610. The zero-order valence-electron chi connectivity index (χ0n) is 36.6. The second kappa shape index (κ2) is 17.7. The molecule has 0 radical (unpaired) electrons. The third-order valence-corrected chi connectivity index (χ3v) is 12.6. The highest BCUT2D eigenvalue weighted by molar-refractivity contribution is 6.10. The Bertz CT molecular complexity index is 3000. The summed E-state index contributed by atoms with van der Waals surface area (Å²) in [5.41, 5.74) is 11.0. The number of para-hydroxylation sites is 3. The second-order valence-corrected chi connectivity index (χ2v) is 16.8. The fourth-order valence-electron chi connectivity index (χ4n) is 9.36. The third-order valence-electron chi connectivity index (χ3n) is 12.6. The normalized spacial score (nSPS) is 12.4. The first-order valence-corrected chi connectivity index (χ1v) is 22.9. The summed E-state index contributed by atoms with van der Waals surface area (Å²) in [4.78, 5) is 14.9. The highest BCUT2D eigenvalue weighted by Crippen LogP contribution is 2.33. The highest BCUT2D eigenvalue weighted by Gasteiger charge is 2.13. The van der Waals surface area contributed by atoms with E-state index in [1.165, 1.54) is 65.4 Å². The van der Waals surface area contributed by atoms with E-state index in [-0.39, 0.29) is 0 Å². The van der Waals surface area contributed by atoms with Crippen molar-refractivity contribution in [2.24, 2.45) is 0 Å². The van der Waals surface area contributed by atoms with Gasteiger partial charge in [0.25, 0.3) is 0 Å². The molecule has 6 aromatic carbocycles. The number of aryl methyl sites for hydroxylation is 3. The first-order valence-electron chi connectivity index (χ1n) is 22.9. The predicted molar refractivity (Wildman–Crippen MR) is 270 cm³/mol. The highest BCUT2D eigenvalue weighted by atomic mass is 15.0. The molecule has 0 aliphatic heterocycles. The van der Waals surface area contributed by atoms with Gasteiger partial charge in [-0.2, -0.15) is 0 Å². The van der Waals surface area contributed by atoms with Crippen molar-refractivity contribution in [3.05, 3.63) is 162 Å². The van der Waals surface area contributed by atoms with E-state index < -0.39 is 0 Å². The van der Waals surface area contributed by atoms with Gasteiger partial charge in [0, 0.05) is 85.1 Å². The second-order valence-electron chi connectivity index (χ2n) is 16.8. The van der Waals surface area contributed by atoms with Crippen LogP contribution < -0.4 is 0 Å². The minimum absolute atomic E-state index is 0.610. The molecule has 0 saturated heterocycles. The lowest BCUT2D eigenvalue weighted by atomic mass is 10.1. The average molecular weight is 823 g/mol. The SMILES string of the molecule is CCCCn1c2ccccc2c2cc(/C=C/c3nc(/C=C/c4ccc5c(c4)c4ccccc4n5CCCC)nc(/C=C/c4ccc5c(c4)c4ccccc4n5CCCC)n3)ccc21. The molecule has 6 nitrogen and oxygen atoms in total. The molecule has 0 saturated carbocycles. The van der Waals surface area contributed by atoms with E-state index in [1.807, 2.05) is 18.2 Å². The number of hydrogen-bond acceptors (Lipinski definition) is 3. The molecule has 0 fully saturated rings. The van der Waals surface area contributed by atoms with Crippen molar-refractivity contribution in [3.8, 4) is 0 Å². The lowest BCUT2D eigenvalue weighted by molar-refractivity contribution is 0.665. The van der Waals surface area contributed by atoms with E-state index in [0.29, 0.717) is 17.5 Å². The van der Waals surface area contributed by atoms with Crippen molar-refractivity contribution < 1.29 is 0 Å². The summed E-state index contributed by atoms with van der Waals surface area (Å²) in [5.74, 6) is 1.83. The number of benzene rings is 6. The van der Waals surface area contributed by atoms with E-state index in [4.69, 9.17) is 15.0 Å². The maximum atomic E-state index is 4.98. The molecule has 0 spiro atoms. The molecule has 0 unspecified atom stereocenters. The Kier molecular flexibility index (Phi) is 11.3. The molecule has 312 valence electrons. The summed E-state index contributed by atoms with van der Waals surface area (Å²) in [6.07, 6.45) is 19.4. The topological polar surface area (TPSA) is 53.5 Å². The Morgan fingerprint density at radius 2 is 0.619 bits per heavy atom. The van der Waals surface area contributed by atoms with Crippen molar-refractivity contribution in [3.63, 3.8) is 0 Å². The van der Waals surface area contributed by atoms with Crippen LogP contribution in [0.15, 0.2) is 127 Å². The van der Waals surface area contributed by atoms with Crippen LogP contribution in [0.25, 0.3) is 102 Å². The Morgan fingerprint density at radius 1 is 0.333 bits per heavy atom. The van der Waals surface area contributed by atoms with Crippen molar-refractivity contribution in [2.45, 2.75) is 78.9 Å².